The van der Waals surface area contributed by atoms with Crippen molar-refractivity contribution in [3.05, 3.63) is 46.5 Å². The number of carbonyl (C=O) groups excluding carboxylic acids is 4. The number of anilines is 1. The third-order valence-corrected chi connectivity index (χ3v) is 10.5. The van der Waals surface area contributed by atoms with Gasteiger partial charge in [0.25, 0.3) is 0 Å². The zero-order chi connectivity index (χ0) is 36.4. The molecule has 3 aliphatic rings. The van der Waals surface area contributed by atoms with Gasteiger partial charge in [-0.1, -0.05) is 49.2 Å². The Morgan fingerprint density at radius 2 is 1.94 bits per heavy atom. The molecule has 0 unspecified atom stereocenters. The number of likely N-dealkylation sites (N-methyl/N-ethyl adjacent to an activating group) is 1. The normalized spacial score (nSPS) is 32.9. The van der Waals surface area contributed by atoms with Crippen molar-refractivity contribution in [3.63, 3.8) is 0 Å². The number of fused-ring (bicyclic) bond motifs is 5. The number of halogens is 1. The van der Waals surface area contributed by atoms with Crippen LogP contribution in [0.2, 0.25) is 5.02 Å². The predicted molar refractivity (Wildman–Crippen MR) is 182 cm³/mol. The molecule has 2 amide bonds. The van der Waals surface area contributed by atoms with Crippen LogP contribution < -0.4 is 9.64 Å². The fourth-order valence-corrected chi connectivity index (χ4v) is 7.03. The molecule has 0 aliphatic carbocycles. The molecule has 8 atom stereocenters. The van der Waals surface area contributed by atoms with Crippen LogP contribution in [0.5, 0.6) is 5.75 Å². The van der Waals surface area contributed by atoms with Crippen molar-refractivity contribution in [2.45, 2.75) is 108 Å². The molecule has 12 nitrogen and oxygen atoms in total. The van der Waals surface area contributed by atoms with Gasteiger partial charge in [-0.2, -0.15) is 0 Å². The molecule has 2 saturated heterocycles. The van der Waals surface area contributed by atoms with Crippen molar-refractivity contribution in [3.8, 4) is 5.75 Å². The summed E-state index contributed by atoms with van der Waals surface area (Å²) in [5, 5.41) is 12.0. The number of epoxide rings is 1. The molecular weight excluding hydrogens is 656 g/mol. The lowest BCUT2D eigenvalue weighted by Crippen LogP contribution is -2.53. The first kappa shape index (κ1) is 38.4. The van der Waals surface area contributed by atoms with Gasteiger partial charge < -0.3 is 38.6 Å². The number of esters is 2. The van der Waals surface area contributed by atoms with E-state index in [2.05, 4.69) is 0 Å². The number of hydrogen-bond donors (Lipinski definition) is 1. The first-order chi connectivity index (χ1) is 23.0. The molecule has 1 aromatic rings. The summed E-state index contributed by atoms with van der Waals surface area (Å²) in [6, 6.07) is 2.67. The molecule has 3 heterocycles. The fraction of sp³-hybridized carbons (Fsp3) is 0.611. The van der Waals surface area contributed by atoms with Gasteiger partial charge in [-0.3, -0.25) is 14.4 Å². The van der Waals surface area contributed by atoms with Gasteiger partial charge in [0.05, 0.1) is 31.7 Å². The number of methoxy groups -OCH3 is 2. The number of aliphatic hydroxyl groups is 1. The summed E-state index contributed by atoms with van der Waals surface area (Å²) in [4.78, 5) is 55.5. The molecule has 270 valence electrons. The highest BCUT2D eigenvalue weighted by molar-refractivity contribution is 6.35. The molecule has 4 bridgehead atoms. The standard InChI is InChI=1S/C36H49ClN2O10/c1-10-29(40)38(6)22(4)34(43)48-28-17-30(41)39(7)24-15-23(16-25(45-8)32(24)37)14-20(2)12-11-13-27(46-9)36(44)18-26(47-31(42)19-36)21(3)33-35(28,5)49-33/h11-13,15-16,21-22,26-28,33,44H,10,14,17-19H2,1-9H3/b13-11+,20-12+/t21-,22+,26+,27-,28+,33+,35+,36-/m1/s1. The van der Waals surface area contributed by atoms with E-state index >= 15 is 0 Å². The molecule has 0 aromatic heterocycles. The number of ether oxygens (including phenoxy) is 5. The van der Waals surface area contributed by atoms with Crippen molar-refractivity contribution in [1.29, 1.82) is 0 Å². The molecule has 2 fully saturated rings. The topological polar surface area (TPSA) is 144 Å². The largest absolute Gasteiger partial charge is 0.495 e. The van der Waals surface area contributed by atoms with E-state index < -0.39 is 65.4 Å². The van der Waals surface area contributed by atoms with E-state index in [0.29, 0.717) is 17.9 Å². The van der Waals surface area contributed by atoms with Crippen LogP contribution in [0.15, 0.2) is 35.9 Å². The van der Waals surface area contributed by atoms with Crippen molar-refractivity contribution in [2.75, 3.05) is 33.2 Å². The number of allylic oxidation sites excluding steroid dienone is 3. The van der Waals surface area contributed by atoms with E-state index in [-0.39, 0.29) is 36.6 Å². The van der Waals surface area contributed by atoms with E-state index in [1.54, 1.807) is 52.1 Å². The maximum atomic E-state index is 14.0. The minimum Gasteiger partial charge on any atom is -0.495 e. The summed E-state index contributed by atoms with van der Waals surface area (Å²) in [7, 11) is 6.06. The highest BCUT2D eigenvalue weighted by Gasteiger charge is 2.64. The maximum absolute atomic E-state index is 14.0. The Kier molecular flexibility index (Phi) is 11.9. The van der Waals surface area contributed by atoms with Crippen LogP contribution >= 0.6 is 11.6 Å². The third-order valence-electron chi connectivity index (χ3n) is 10.1. The number of rotatable bonds is 6. The molecule has 4 rings (SSSR count). The van der Waals surface area contributed by atoms with Crippen LogP contribution in [-0.2, 0) is 44.5 Å². The molecule has 0 radical (unpaired) electrons. The summed E-state index contributed by atoms with van der Waals surface area (Å²) in [6.45, 7) is 8.75. The lowest BCUT2D eigenvalue weighted by molar-refractivity contribution is -0.187. The van der Waals surface area contributed by atoms with Crippen LogP contribution in [-0.4, -0.2) is 104 Å². The SMILES string of the molecule is CCC(=O)N(C)[C@@H](C)C(=O)O[C@H]1CC(=O)N(C)c2cc(cc(OC)c2Cl)C/C(C)=C/C=C/[C@@H](OC)[C@]2(O)CC(=O)O[C@@H](C2)[C@@H](C)[C@@H]2O[C@@]12C. The number of carbonyl (C=O) groups is 4. The van der Waals surface area contributed by atoms with Gasteiger partial charge >= 0.3 is 11.9 Å². The fourth-order valence-electron chi connectivity index (χ4n) is 6.72. The van der Waals surface area contributed by atoms with Crippen LogP contribution in [0.3, 0.4) is 0 Å². The maximum Gasteiger partial charge on any atom is 0.328 e. The van der Waals surface area contributed by atoms with Crippen LogP contribution in [0, 0.1) is 5.92 Å². The molecule has 1 N–H and O–H groups in total. The molecule has 3 aliphatic heterocycles. The average molecular weight is 705 g/mol. The van der Waals surface area contributed by atoms with E-state index in [9.17, 15) is 24.3 Å². The van der Waals surface area contributed by atoms with E-state index in [4.69, 9.17) is 35.3 Å². The minimum absolute atomic E-state index is 0.0681. The van der Waals surface area contributed by atoms with Crippen LogP contribution in [0.4, 0.5) is 5.69 Å². The summed E-state index contributed by atoms with van der Waals surface area (Å²) in [5.41, 5.74) is -0.558. The zero-order valence-corrected chi connectivity index (χ0v) is 30.5. The molecule has 13 heteroatoms. The monoisotopic (exact) mass is 704 g/mol. The number of nitrogens with zero attached hydrogens (tertiary/aromatic N) is 2. The molecule has 49 heavy (non-hydrogen) atoms. The predicted octanol–water partition coefficient (Wildman–Crippen LogP) is 4.17. The summed E-state index contributed by atoms with van der Waals surface area (Å²) >= 11 is 6.73. The van der Waals surface area contributed by atoms with E-state index in [1.165, 1.54) is 31.1 Å². The van der Waals surface area contributed by atoms with Gasteiger partial charge in [-0.15, -0.1) is 0 Å². The number of amides is 2. The highest BCUT2D eigenvalue weighted by Crippen LogP contribution is 2.50. The summed E-state index contributed by atoms with van der Waals surface area (Å²) < 4.78 is 29.2. The average Bonchev–Trinajstić information content (AvgIpc) is 3.76. The molecule has 0 saturated carbocycles. The third kappa shape index (κ3) is 8.14. The Morgan fingerprint density at radius 3 is 2.57 bits per heavy atom. The van der Waals surface area contributed by atoms with Gasteiger partial charge in [0.1, 0.15) is 46.3 Å². The second-order valence-electron chi connectivity index (χ2n) is 13.6. The van der Waals surface area contributed by atoms with E-state index in [0.717, 1.165) is 11.1 Å². The second kappa shape index (κ2) is 15.2. The van der Waals surface area contributed by atoms with E-state index in [1.807, 2.05) is 19.9 Å². The molecule has 0 spiro atoms. The van der Waals surface area contributed by atoms with Gasteiger partial charge in [0.15, 0.2) is 0 Å². The molecular formula is C36H49ClN2O10. The van der Waals surface area contributed by atoms with Gasteiger partial charge in [0, 0.05) is 40.0 Å². The first-order valence-corrected chi connectivity index (χ1v) is 16.9. The summed E-state index contributed by atoms with van der Waals surface area (Å²) in [6.07, 6.45) is 2.28. The quantitative estimate of drug-likeness (QED) is 0.338. The van der Waals surface area contributed by atoms with Crippen LogP contribution in [0.25, 0.3) is 0 Å². The van der Waals surface area contributed by atoms with Crippen molar-refractivity contribution >= 4 is 41.0 Å². The van der Waals surface area contributed by atoms with Crippen molar-refractivity contribution in [1.82, 2.24) is 4.90 Å². The number of benzene rings is 1. The Morgan fingerprint density at radius 1 is 1.24 bits per heavy atom. The lowest BCUT2D eigenvalue weighted by atomic mass is 9.78. The van der Waals surface area contributed by atoms with Gasteiger partial charge in [-0.05, 0) is 44.9 Å². The second-order valence-corrected chi connectivity index (χ2v) is 14.0. The smallest absolute Gasteiger partial charge is 0.328 e. The van der Waals surface area contributed by atoms with Crippen LogP contribution in [0.1, 0.15) is 65.9 Å². The van der Waals surface area contributed by atoms with Crippen molar-refractivity contribution in [2.24, 2.45) is 5.92 Å². The van der Waals surface area contributed by atoms with Gasteiger partial charge in [0.2, 0.25) is 11.8 Å². The molecule has 1 aromatic carbocycles. The zero-order valence-electron chi connectivity index (χ0n) is 29.8. The first-order valence-electron chi connectivity index (χ1n) is 16.5. The van der Waals surface area contributed by atoms with Gasteiger partial charge in [-0.25, -0.2) is 4.79 Å². The number of hydrogen-bond acceptors (Lipinski definition) is 10. The Hall–Kier alpha value is -3.45. The lowest BCUT2D eigenvalue weighted by Gasteiger charge is -2.41. The minimum atomic E-state index is -1.57. The highest BCUT2D eigenvalue weighted by atomic mass is 35.5. The summed E-state index contributed by atoms with van der Waals surface area (Å²) in [5.74, 6) is -2.04. The Bertz CT molecular complexity index is 1510. The van der Waals surface area contributed by atoms with Crippen molar-refractivity contribution < 1.29 is 48.0 Å². The Labute approximate surface area is 293 Å². The Balaban J connectivity index is 1.79.